The van der Waals surface area contributed by atoms with Gasteiger partial charge >= 0.3 is 6.09 Å². The second-order valence-electron chi connectivity index (χ2n) is 11.2. The number of piperidine rings is 1. The third kappa shape index (κ3) is 7.01. The molecule has 224 valence electrons. The number of halogens is 4. The summed E-state index contributed by atoms with van der Waals surface area (Å²) in [5.41, 5.74) is 0.261. The van der Waals surface area contributed by atoms with Gasteiger partial charge in [-0.3, -0.25) is 4.79 Å². The highest BCUT2D eigenvalue weighted by atomic mass is 35.5. The summed E-state index contributed by atoms with van der Waals surface area (Å²) in [6.07, 6.45) is -1.23. The maximum absolute atomic E-state index is 15.5. The maximum atomic E-state index is 15.5. The van der Waals surface area contributed by atoms with Crippen LogP contribution in [0.4, 0.5) is 23.7 Å². The number of rotatable bonds is 5. The van der Waals surface area contributed by atoms with E-state index in [0.29, 0.717) is 15.6 Å². The van der Waals surface area contributed by atoms with Crippen molar-refractivity contribution in [2.45, 2.75) is 62.1 Å². The molecular weight excluding hydrogens is 595 g/mol. The Morgan fingerprint density at radius 2 is 2.02 bits per heavy atom. The van der Waals surface area contributed by atoms with E-state index in [4.69, 9.17) is 20.9 Å². The third-order valence-electron chi connectivity index (χ3n) is 6.61. The van der Waals surface area contributed by atoms with Gasteiger partial charge in [0, 0.05) is 28.6 Å². The number of fused-ring (bicyclic) bond motifs is 1. The predicted molar refractivity (Wildman–Crippen MR) is 151 cm³/mol. The Kier molecular flexibility index (Phi) is 8.46. The summed E-state index contributed by atoms with van der Waals surface area (Å²) in [5, 5.41) is 9.68. The highest BCUT2D eigenvalue weighted by molar-refractivity contribution is 7.99. The smallest absolute Gasteiger partial charge is 0.408 e. The minimum absolute atomic E-state index is 0.0312. The Balaban J connectivity index is 1.49. The molecule has 0 bridgehead atoms. The number of nitrogens with one attached hydrogen (secondary N) is 2. The van der Waals surface area contributed by atoms with Crippen molar-refractivity contribution in [2.24, 2.45) is 0 Å². The van der Waals surface area contributed by atoms with Crippen molar-refractivity contribution in [3.8, 4) is 11.4 Å². The number of hydrogen-bond acceptors (Lipinski definition) is 8. The molecule has 1 unspecified atom stereocenters. The molecule has 5 rings (SSSR count). The maximum Gasteiger partial charge on any atom is 0.408 e. The number of alkyl halides is 2. The van der Waals surface area contributed by atoms with Crippen LogP contribution in [0.1, 0.15) is 44.6 Å². The first-order chi connectivity index (χ1) is 19.8. The Morgan fingerprint density at radius 1 is 1.29 bits per heavy atom. The highest BCUT2D eigenvalue weighted by Crippen LogP contribution is 2.40. The monoisotopic (exact) mass is 623 g/mol. The molecule has 3 heterocycles. The van der Waals surface area contributed by atoms with Crippen molar-refractivity contribution < 1.29 is 32.0 Å². The van der Waals surface area contributed by atoms with E-state index in [0.717, 1.165) is 5.56 Å². The topological polar surface area (TPSA) is 110 Å². The van der Waals surface area contributed by atoms with Crippen LogP contribution in [0.2, 0.25) is 5.02 Å². The first-order valence-corrected chi connectivity index (χ1v) is 14.6. The first kappa shape index (κ1) is 30.2. The van der Waals surface area contributed by atoms with E-state index in [1.165, 1.54) is 28.8 Å². The average molecular weight is 624 g/mol. The number of thioether (sulfide) groups is 1. The van der Waals surface area contributed by atoms with E-state index >= 15 is 4.39 Å². The number of nitrogens with zero attached hydrogens (tertiary/aromatic N) is 3. The largest absolute Gasteiger partial charge is 0.444 e. The summed E-state index contributed by atoms with van der Waals surface area (Å²) in [5.74, 6) is -4.83. The fraction of sp³-hybridized carbons (Fsp3) is 0.429. The van der Waals surface area contributed by atoms with Gasteiger partial charge in [0.2, 0.25) is 11.7 Å². The Morgan fingerprint density at radius 3 is 2.71 bits per heavy atom. The number of ether oxygens (including phenoxy) is 1. The Bertz CT molecular complexity index is 1480. The van der Waals surface area contributed by atoms with Gasteiger partial charge in [-0.05, 0) is 50.6 Å². The van der Waals surface area contributed by atoms with Crippen molar-refractivity contribution in [1.29, 1.82) is 0 Å². The van der Waals surface area contributed by atoms with Crippen LogP contribution in [0.5, 0.6) is 0 Å². The summed E-state index contributed by atoms with van der Waals surface area (Å²) in [4.78, 5) is 32.6. The van der Waals surface area contributed by atoms with E-state index in [1.54, 1.807) is 45.0 Å². The fourth-order valence-corrected chi connectivity index (χ4v) is 5.90. The minimum Gasteiger partial charge on any atom is -0.444 e. The lowest BCUT2D eigenvalue weighted by atomic mass is 9.97. The van der Waals surface area contributed by atoms with E-state index in [1.807, 2.05) is 0 Å². The number of carbonyl (C=O) groups excluding carboxylic acids is 2. The van der Waals surface area contributed by atoms with Crippen LogP contribution < -0.4 is 15.5 Å². The molecule has 2 aliphatic rings. The summed E-state index contributed by atoms with van der Waals surface area (Å²) in [6, 6.07) is 8.61. The molecule has 2 atom stereocenters. The van der Waals surface area contributed by atoms with Crippen LogP contribution in [0.15, 0.2) is 45.8 Å². The zero-order chi connectivity index (χ0) is 30.2. The normalized spacial score (nSPS) is 20.5. The fourth-order valence-electron chi connectivity index (χ4n) is 4.70. The molecule has 9 nitrogen and oxygen atoms in total. The lowest BCUT2D eigenvalue weighted by Gasteiger charge is -2.27. The third-order valence-corrected chi connectivity index (χ3v) is 8.00. The number of benzene rings is 2. The molecule has 3 aromatic rings. The number of carbonyl (C=O) groups is 2. The number of alkyl carbamates (subject to hydrolysis) is 1. The quantitative estimate of drug-likeness (QED) is 0.369. The van der Waals surface area contributed by atoms with Gasteiger partial charge in [0.1, 0.15) is 17.5 Å². The lowest BCUT2D eigenvalue weighted by molar-refractivity contribution is -0.120. The molecule has 0 spiro atoms. The average Bonchev–Trinajstić information content (AvgIpc) is 3.35. The lowest BCUT2D eigenvalue weighted by Crippen LogP contribution is -2.50. The van der Waals surface area contributed by atoms with Gasteiger partial charge in [0.25, 0.3) is 11.8 Å². The van der Waals surface area contributed by atoms with Crippen molar-refractivity contribution in [3.05, 3.63) is 58.7 Å². The van der Waals surface area contributed by atoms with E-state index < -0.39 is 54.3 Å². The van der Waals surface area contributed by atoms with Gasteiger partial charge in [-0.25, -0.2) is 18.0 Å². The summed E-state index contributed by atoms with van der Waals surface area (Å²) in [6.45, 7) is 5.00. The molecule has 14 heteroatoms. The van der Waals surface area contributed by atoms with Crippen LogP contribution in [0.25, 0.3) is 11.4 Å². The van der Waals surface area contributed by atoms with E-state index in [2.05, 4.69) is 20.8 Å². The molecule has 0 aliphatic carbocycles. The predicted octanol–water partition coefficient (Wildman–Crippen LogP) is 5.77. The van der Waals surface area contributed by atoms with Crippen molar-refractivity contribution in [1.82, 2.24) is 20.8 Å². The van der Waals surface area contributed by atoms with E-state index in [-0.39, 0.29) is 36.1 Å². The van der Waals surface area contributed by atoms with Crippen molar-refractivity contribution >= 4 is 41.1 Å². The van der Waals surface area contributed by atoms with Crippen LogP contribution >= 0.6 is 23.4 Å². The van der Waals surface area contributed by atoms with Crippen LogP contribution in [0, 0.1) is 5.82 Å². The van der Waals surface area contributed by atoms with Gasteiger partial charge in [0.05, 0.1) is 30.3 Å². The van der Waals surface area contributed by atoms with Crippen LogP contribution in [-0.2, 0) is 16.1 Å². The van der Waals surface area contributed by atoms with Gasteiger partial charge in [0.15, 0.2) is 0 Å². The standard InChI is InChI=1S/C28H29ClF3N5O4S/c1-27(2,3)40-26(39)34-20-13-42-22-9-19(30)18(23-35-24(41-36-23)16-10-28(31,32)14-33-11-16)8-21(22)37(25(20)38)12-15-4-6-17(29)7-5-15/h4-9,16,20,33H,10-14H2,1-3H3,(H,34,39)/t16?,20-/m0/s1. The van der Waals surface area contributed by atoms with Crippen molar-refractivity contribution in [2.75, 3.05) is 23.7 Å². The molecule has 2 amide bonds. The molecule has 1 fully saturated rings. The number of hydrogen-bond donors (Lipinski definition) is 2. The Labute approximate surface area is 249 Å². The highest BCUT2D eigenvalue weighted by Gasteiger charge is 2.39. The molecule has 1 saturated heterocycles. The molecule has 42 heavy (non-hydrogen) atoms. The molecule has 2 aromatic carbocycles. The molecule has 1 aromatic heterocycles. The van der Waals surface area contributed by atoms with Gasteiger partial charge < -0.3 is 24.8 Å². The number of aromatic nitrogens is 2. The second kappa shape index (κ2) is 11.8. The van der Waals surface area contributed by atoms with Crippen LogP contribution in [0.3, 0.4) is 0 Å². The van der Waals surface area contributed by atoms with E-state index in [9.17, 15) is 18.4 Å². The molecule has 2 aliphatic heterocycles. The van der Waals surface area contributed by atoms with Gasteiger partial charge in [-0.1, -0.05) is 28.9 Å². The molecule has 0 saturated carbocycles. The second-order valence-corrected chi connectivity index (χ2v) is 12.7. The van der Waals surface area contributed by atoms with Crippen molar-refractivity contribution in [3.63, 3.8) is 0 Å². The first-order valence-electron chi connectivity index (χ1n) is 13.2. The summed E-state index contributed by atoms with van der Waals surface area (Å²) < 4.78 is 54.0. The number of amides is 2. The van der Waals surface area contributed by atoms with Gasteiger partial charge in [-0.2, -0.15) is 4.98 Å². The van der Waals surface area contributed by atoms with Crippen LogP contribution in [-0.4, -0.2) is 58.5 Å². The minimum atomic E-state index is -2.93. The Hall–Kier alpha value is -3.29. The molecule has 2 N–H and O–H groups in total. The molecule has 0 radical (unpaired) electrons. The summed E-state index contributed by atoms with van der Waals surface area (Å²) >= 11 is 7.24. The zero-order valence-corrected chi connectivity index (χ0v) is 24.6. The van der Waals surface area contributed by atoms with Gasteiger partial charge in [-0.15, -0.1) is 11.8 Å². The SMILES string of the molecule is CC(C)(C)OC(=O)N[C@H]1CSc2cc(F)c(-c3noc(C4CNCC(F)(F)C4)n3)cc2N(Cc2ccc(Cl)cc2)C1=O. The summed E-state index contributed by atoms with van der Waals surface area (Å²) in [7, 11) is 0. The number of anilines is 1. The zero-order valence-electron chi connectivity index (χ0n) is 23.0. The molecular formula is C28H29ClF3N5O4S.